The number of amides is 1. The highest BCUT2D eigenvalue weighted by atomic mass is 16.2. The minimum absolute atomic E-state index is 0.140. The first kappa shape index (κ1) is 13.8. The summed E-state index contributed by atoms with van der Waals surface area (Å²) in [7, 11) is 0. The fraction of sp³-hybridized carbons (Fsp3) is 0.278. The van der Waals surface area contributed by atoms with Crippen LogP contribution >= 0.6 is 0 Å². The molecule has 0 radical (unpaired) electrons. The van der Waals surface area contributed by atoms with Gasteiger partial charge in [-0.3, -0.25) is 4.79 Å². The van der Waals surface area contributed by atoms with Crippen molar-refractivity contribution in [2.24, 2.45) is 5.73 Å². The zero-order valence-electron chi connectivity index (χ0n) is 12.0. The molecule has 0 spiro atoms. The maximum atomic E-state index is 12.4. The summed E-state index contributed by atoms with van der Waals surface area (Å²) in [5.41, 5.74) is 9.78. The second-order valence-corrected chi connectivity index (χ2v) is 5.56. The van der Waals surface area contributed by atoms with Crippen LogP contribution in [-0.2, 0) is 17.8 Å². The molecular formula is C18H20N2O. The van der Waals surface area contributed by atoms with Crippen LogP contribution < -0.4 is 5.73 Å². The molecule has 108 valence electrons. The Labute approximate surface area is 125 Å². The molecule has 1 amide bonds. The van der Waals surface area contributed by atoms with Crippen molar-refractivity contribution < 1.29 is 4.79 Å². The maximum Gasteiger partial charge on any atom is 0.224 e. The molecule has 3 nitrogen and oxygen atoms in total. The standard InChI is InChI=1S/C18H20N2O/c19-17(15-7-2-1-3-8-15)12-18(21)20-11-10-14-6-4-5-9-16(14)13-20/h1-9,17H,10-13,19H2. The predicted molar refractivity (Wildman–Crippen MR) is 83.6 cm³/mol. The first-order chi connectivity index (χ1) is 10.2. The van der Waals surface area contributed by atoms with E-state index in [1.807, 2.05) is 41.3 Å². The van der Waals surface area contributed by atoms with E-state index in [2.05, 4.69) is 18.2 Å². The molecule has 2 aromatic rings. The van der Waals surface area contributed by atoms with Crippen molar-refractivity contribution in [1.82, 2.24) is 4.90 Å². The lowest BCUT2D eigenvalue weighted by molar-refractivity contribution is -0.132. The highest BCUT2D eigenvalue weighted by Gasteiger charge is 2.22. The molecule has 0 bridgehead atoms. The molecule has 0 aromatic heterocycles. The first-order valence-electron chi connectivity index (χ1n) is 7.39. The third-order valence-corrected chi connectivity index (χ3v) is 4.11. The summed E-state index contributed by atoms with van der Waals surface area (Å²) < 4.78 is 0. The number of carbonyl (C=O) groups is 1. The van der Waals surface area contributed by atoms with E-state index < -0.39 is 0 Å². The average Bonchev–Trinajstić information content (AvgIpc) is 2.55. The Bertz CT molecular complexity index is 624. The van der Waals surface area contributed by atoms with E-state index in [-0.39, 0.29) is 11.9 Å². The largest absolute Gasteiger partial charge is 0.338 e. The molecule has 1 aliphatic rings. The molecule has 0 saturated carbocycles. The van der Waals surface area contributed by atoms with Crippen LogP contribution in [0.1, 0.15) is 29.2 Å². The van der Waals surface area contributed by atoms with Crippen molar-refractivity contribution in [2.45, 2.75) is 25.4 Å². The lowest BCUT2D eigenvalue weighted by Crippen LogP contribution is -2.37. The molecule has 0 fully saturated rings. The molecule has 2 N–H and O–H groups in total. The highest BCUT2D eigenvalue weighted by Crippen LogP contribution is 2.21. The van der Waals surface area contributed by atoms with E-state index in [1.54, 1.807) is 0 Å². The number of rotatable bonds is 3. The summed E-state index contributed by atoms with van der Waals surface area (Å²) in [5.74, 6) is 0.140. The zero-order chi connectivity index (χ0) is 14.7. The lowest BCUT2D eigenvalue weighted by atomic mass is 9.98. The quantitative estimate of drug-likeness (QED) is 0.939. The third-order valence-electron chi connectivity index (χ3n) is 4.11. The van der Waals surface area contributed by atoms with Gasteiger partial charge in [0.15, 0.2) is 0 Å². The molecule has 1 atom stereocenters. The van der Waals surface area contributed by atoms with Crippen LogP contribution in [-0.4, -0.2) is 17.4 Å². The Morgan fingerprint density at radius 1 is 1.05 bits per heavy atom. The molecule has 3 rings (SSSR count). The van der Waals surface area contributed by atoms with Crippen LogP contribution in [0.5, 0.6) is 0 Å². The summed E-state index contributed by atoms with van der Waals surface area (Å²) in [6.45, 7) is 1.49. The van der Waals surface area contributed by atoms with Gasteiger partial charge >= 0.3 is 0 Å². The van der Waals surface area contributed by atoms with Crippen molar-refractivity contribution in [2.75, 3.05) is 6.54 Å². The van der Waals surface area contributed by atoms with E-state index in [0.29, 0.717) is 13.0 Å². The van der Waals surface area contributed by atoms with Gasteiger partial charge in [0.1, 0.15) is 0 Å². The SMILES string of the molecule is NC(CC(=O)N1CCc2ccccc2C1)c1ccccc1. The predicted octanol–water partition coefficient (Wildman–Crippen LogP) is 2.66. The van der Waals surface area contributed by atoms with Crippen LogP contribution in [0, 0.1) is 0 Å². The van der Waals surface area contributed by atoms with Crippen LogP contribution in [0.2, 0.25) is 0 Å². The summed E-state index contributed by atoms with van der Waals surface area (Å²) >= 11 is 0. The minimum atomic E-state index is -0.226. The number of fused-ring (bicyclic) bond motifs is 1. The Morgan fingerprint density at radius 2 is 1.71 bits per heavy atom. The molecule has 0 aliphatic carbocycles. The van der Waals surface area contributed by atoms with Crippen LogP contribution in [0.4, 0.5) is 0 Å². The highest BCUT2D eigenvalue weighted by molar-refractivity contribution is 5.77. The number of benzene rings is 2. The third kappa shape index (κ3) is 3.14. The Kier molecular flexibility index (Phi) is 4.02. The minimum Gasteiger partial charge on any atom is -0.338 e. The van der Waals surface area contributed by atoms with Gasteiger partial charge in [0.05, 0.1) is 0 Å². The smallest absolute Gasteiger partial charge is 0.224 e. The Hall–Kier alpha value is -2.13. The van der Waals surface area contributed by atoms with Gasteiger partial charge in [-0.2, -0.15) is 0 Å². The summed E-state index contributed by atoms with van der Waals surface area (Å²) in [5, 5.41) is 0. The van der Waals surface area contributed by atoms with Gasteiger partial charge in [-0.15, -0.1) is 0 Å². The van der Waals surface area contributed by atoms with Crippen molar-refractivity contribution in [3.05, 3.63) is 71.3 Å². The molecule has 21 heavy (non-hydrogen) atoms. The number of hydrogen-bond donors (Lipinski definition) is 1. The van der Waals surface area contributed by atoms with Gasteiger partial charge in [-0.1, -0.05) is 54.6 Å². The van der Waals surface area contributed by atoms with E-state index in [4.69, 9.17) is 5.73 Å². The second kappa shape index (κ2) is 6.10. The van der Waals surface area contributed by atoms with E-state index in [9.17, 15) is 4.79 Å². The van der Waals surface area contributed by atoms with Gasteiger partial charge in [0.25, 0.3) is 0 Å². The summed E-state index contributed by atoms with van der Waals surface area (Å²) in [6.07, 6.45) is 1.30. The molecule has 2 aromatic carbocycles. The lowest BCUT2D eigenvalue weighted by Gasteiger charge is -2.29. The van der Waals surface area contributed by atoms with E-state index >= 15 is 0 Å². The molecular weight excluding hydrogens is 260 g/mol. The first-order valence-corrected chi connectivity index (χ1v) is 7.39. The van der Waals surface area contributed by atoms with Crippen LogP contribution in [0.25, 0.3) is 0 Å². The van der Waals surface area contributed by atoms with Crippen molar-refractivity contribution in [3.63, 3.8) is 0 Å². The van der Waals surface area contributed by atoms with E-state index in [1.165, 1.54) is 11.1 Å². The van der Waals surface area contributed by atoms with Gasteiger partial charge < -0.3 is 10.6 Å². The number of nitrogens with two attached hydrogens (primary N) is 1. The van der Waals surface area contributed by atoms with Gasteiger partial charge in [-0.05, 0) is 23.1 Å². The second-order valence-electron chi connectivity index (χ2n) is 5.56. The summed E-state index contributed by atoms with van der Waals surface area (Å²) in [6, 6.07) is 17.9. The molecule has 3 heteroatoms. The molecule has 1 unspecified atom stereocenters. The fourth-order valence-corrected chi connectivity index (χ4v) is 2.84. The maximum absolute atomic E-state index is 12.4. The molecule has 1 aliphatic heterocycles. The Balaban J connectivity index is 1.65. The van der Waals surface area contributed by atoms with Crippen molar-refractivity contribution >= 4 is 5.91 Å². The van der Waals surface area contributed by atoms with Gasteiger partial charge in [0, 0.05) is 25.6 Å². The molecule has 0 saturated heterocycles. The number of carbonyl (C=O) groups excluding carboxylic acids is 1. The topological polar surface area (TPSA) is 46.3 Å². The van der Waals surface area contributed by atoms with Crippen LogP contribution in [0.15, 0.2) is 54.6 Å². The Morgan fingerprint density at radius 3 is 2.48 bits per heavy atom. The van der Waals surface area contributed by atoms with Gasteiger partial charge in [0.2, 0.25) is 5.91 Å². The van der Waals surface area contributed by atoms with Gasteiger partial charge in [-0.25, -0.2) is 0 Å². The number of hydrogen-bond acceptors (Lipinski definition) is 2. The van der Waals surface area contributed by atoms with E-state index in [0.717, 1.165) is 18.5 Å². The molecule has 1 heterocycles. The summed E-state index contributed by atoms with van der Waals surface area (Å²) in [4.78, 5) is 14.4. The monoisotopic (exact) mass is 280 g/mol. The fourth-order valence-electron chi connectivity index (χ4n) is 2.84. The van der Waals surface area contributed by atoms with Crippen LogP contribution in [0.3, 0.4) is 0 Å². The van der Waals surface area contributed by atoms with Crippen molar-refractivity contribution in [3.8, 4) is 0 Å². The van der Waals surface area contributed by atoms with Crippen molar-refractivity contribution in [1.29, 1.82) is 0 Å². The number of nitrogens with zero attached hydrogens (tertiary/aromatic N) is 1. The zero-order valence-corrected chi connectivity index (χ0v) is 12.0. The average molecular weight is 280 g/mol. The normalized spacial score (nSPS) is 15.4.